The smallest absolute Gasteiger partial charge is 0.196 e. The van der Waals surface area contributed by atoms with Crippen molar-refractivity contribution in [2.45, 2.75) is 109 Å². The number of aliphatic hydroxyl groups is 1. The van der Waals surface area contributed by atoms with Crippen molar-refractivity contribution in [1.29, 1.82) is 0 Å². The average molecular weight is 517 g/mol. The van der Waals surface area contributed by atoms with Gasteiger partial charge in [0.25, 0.3) is 0 Å². The molecule has 1 atom stereocenters. The van der Waals surface area contributed by atoms with Crippen molar-refractivity contribution >= 4 is 0 Å². The molecule has 0 radical (unpaired) electrons. The standard InChI is InChI=1S/C35H48O3/c1-2-3-4-5-6-7-8-9-10-11-12-21-28-35(36,38-30-32-24-17-14-18-25-32)33-26-19-20-27-34(33)37-29-31-22-15-13-16-23-31/h13-20,22-27,36H,2-12,21,28-30H2,1H3. The zero-order valence-electron chi connectivity index (χ0n) is 23.5. The first-order valence-corrected chi connectivity index (χ1v) is 14.9. The van der Waals surface area contributed by atoms with Crippen molar-refractivity contribution < 1.29 is 14.6 Å². The number of hydrogen-bond acceptors (Lipinski definition) is 3. The van der Waals surface area contributed by atoms with Crippen molar-refractivity contribution in [2.24, 2.45) is 0 Å². The van der Waals surface area contributed by atoms with Gasteiger partial charge in [0, 0.05) is 6.42 Å². The van der Waals surface area contributed by atoms with Crippen LogP contribution >= 0.6 is 0 Å². The highest BCUT2D eigenvalue weighted by Gasteiger charge is 2.33. The van der Waals surface area contributed by atoms with Gasteiger partial charge in [-0.05, 0) is 29.7 Å². The molecule has 38 heavy (non-hydrogen) atoms. The molecule has 3 nitrogen and oxygen atoms in total. The molecule has 0 amide bonds. The third-order valence-electron chi connectivity index (χ3n) is 7.23. The topological polar surface area (TPSA) is 38.7 Å². The predicted octanol–water partition coefficient (Wildman–Crippen LogP) is 9.72. The van der Waals surface area contributed by atoms with Gasteiger partial charge >= 0.3 is 0 Å². The Bertz CT molecular complexity index is 988. The van der Waals surface area contributed by atoms with Crippen LogP contribution < -0.4 is 4.74 Å². The summed E-state index contributed by atoms with van der Waals surface area (Å²) in [5, 5.41) is 11.9. The molecule has 0 aliphatic carbocycles. The highest BCUT2D eigenvalue weighted by atomic mass is 16.6. The number of hydrogen-bond donors (Lipinski definition) is 1. The van der Waals surface area contributed by atoms with Crippen molar-refractivity contribution in [2.75, 3.05) is 0 Å². The van der Waals surface area contributed by atoms with E-state index in [0.29, 0.717) is 30.9 Å². The molecule has 0 aliphatic rings. The summed E-state index contributed by atoms with van der Waals surface area (Å²) < 4.78 is 12.5. The van der Waals surface area contributed by atoms with E-state index in [4.69, 9.17) is 9.47 Å². The van der Waals surface area contributed by atoms with E-state index < -0.39 is 5.79 Å². The van der Waals surface area contributed by atoms with Gasteiger partial charge in [-0.1, -0.05) is 150 Å². The number of benzene rings is 3. The first kappa shape index (κ1) is 29.9. The van der Waals surface area contributed by atoms with Gasteiger partial charge in [-0.25, -0.2) is 0 Å². The maximum Gasteiger partial charge on any atom is 0.196 e. The van der Waals surface area contributed by atoms with Crippen molar-refractivity contribution in [3.05, 3.63) is 102 Å². The van der Waals surface area contributed by atoms with Crippen LogP contribution in [0.25, 0.3) is 0 Å². The summed E-state index contributed by atoms with van der Waals surface area (Å²) in [6.07, 6.45) is 15.9. The van der Waals surface area contributed by atoms with Crippen LogP contribution in [-0.4, -0.2) is 5.11 Å². The molecular formula is C35H48O3. The van der Waals surface area contributed by atoms with E-state index in [2.05, 4.69) is 6.92 Å². The fourth-order valence-electron chi connectivity index (χ4n) is 4.92. The molecule has 3 heteroatoms. The zero-order chi connectivity index (χ0) is 26.7. The Morgan fingerprint density at radius 1 is 0.553 bits per heavy atom. The van der Waals surface area contributed by atoms with Crippen LogP contribution in [0.5, 0.6) is 5.75 Å². The van der Waals surface area contributed by atoms with Crippen LogP contribution in [0.2, 0.25) is 0 Å². The highest BCUT2D eigenvalue weighted by Crippen LogP contribution is 2.36. The fourth-order valence-corrected chi connectivity index (χ4v) is 4.92. The van der Waals surface area contributed by atoms with Crippen LogP contribution in [0.3, 0.4) is 0 Å². The van der Waals surface area contributed by atoms with E-state index >= 15 is 0 Å². The molecular weight excluding hydrogens is 468 g/mol. The second kappa shape index (κ2) is 17.8. The van der Waals surface area contributed by atoms with E-state index in [1.807, 2.05) is 84.9 Å². The lowest BCUT2D eigenvalue weighted by Gasteiger charge is -2.30. The fraction of sp³-hybridized carbons (Fsp3) is 0.486. The minimum absolute atomic E-state index is 0.350. The van der Waals surface area contributed by atoms with Crippen molar-refractivity contribution in [1.82, 2.24) is 0 Å². The van der Waals surface area contributed by atoms with Gasteiger partial charge in [0.2, 0.25) is 0 Å². The van der Waals surface area contributed by atoms with Gasteiger partial charge in [0.1, 0.15) is 12.4 Å². The lowest BCUT2D eigenvalue weighted by molar-refractivity contribution is -0.226. The monoisotopic (exact) mass is 516 g/mol. The molecule has 0 fully saturated rings. The highest BCUT2D eigenvalue weighted by molar-refractivity contribution is 5.37. The van der Waals surface area contributed by atoms with E-state index in [1.165, 1.54) is 64.2 Å². The molecule has 0 bridgehead atoms. The van der Waals surface area contributed by atoms with Gasteiger partial charge in [-0.3, -0.25) is 0 Å². The van der Waals surface area contributed by atoms with Crippen molar-refractivity contribution in [3.63, 3.8) is 0 Å². The summed E-state index contributed by atoms with van der Waals surface area (Å²) in [6.45, 7) is 3.07. The predicted molar refractivity (Wildman–Crippen MR) is 158 cm³/mol. The number of ether oxygens (including phenoxy) is 2. The van der Waals surface area contributed by atoms with Gasteiger partial charge in [-0.2, -0.15) is 0 Å². The summed E-state index contributed by atoms with van der Waals surface area (Å²) in [5.41, 5.74) is 2.84. The minimum atomic E-state index is -1.40. The molecule has 0 saturated heterocycles. The molecule has 206 valence electrons. The molecule has 1 N–H and O–H groups in total. The summed E-state index contributed by atoms with van der Waals surface area (Å²) >= 11 is 0. The van der Waals surface area contributed by atoms with Gasteiger partial charge in [-0.15, -0.1) is 0 Å². The van der Waals surface area contributed by atoms with Crippen LogP contribution in [0.1, 0.15) is 107 Å². The van der Waals surface area contributed by atoms with E-state index in [0.717, 1.165) is 24.0 Å². The largest absolute Gasteiger partial charge is 0.488 e. The van der Waals surface area contributed by atoms with Crippen LogP contribution in [0.15, 0.2) is 84.9 Å². The molecule has 3 rings (SSSR count). The van der Waals surface area contributed by atoms with E-state index in [-0.39, 0.29) is 0 Å². The second-order valence-electron chi connectivity index (χ2n) is 10.5. The van der Waals surface area contributed by atoms with Crippen LogP contribution in [0, 0.1) is 0 Å². The first-order valence-electron chi connectivity index (χ1n) is 14.9. The van der Waals surface area contributed by atoms with Crippen molar-refractivity contribution in [3.8, 4) is 5.75 Å². The lowest BCUT2D eigenvalue weighted by Crippen LogP contribution is -2.30. The zero-order valence-corrected chi connectivity index (χ0v) is 23.5. The summed E-state index contributed by atoms with van der Waals surface area (Å²) in [6, 6.07) is 27.9. The summed E-state index contributed by atoms with van der Waals surface area (Å²) in [5.74, 6) is -0.729. The average Bonchev–Trinajstić information content (AvgIpc) is 2.97. The molecule has 0 aliphatic heterocycles. The molecule has 3 aromatic carbocycles. The number of unbranched alkanes of at least 4 members (excludes halogenated alkanes) is 11. The second-order valence-corrected chi connectivity index (χ2v) is 10.5. The molecule has 0 aromatic heterocycles. The molecule has 0 spiro atoms. The minimum Gasteiger partial charge on any atom is -0.488 e. The van der Waals surface area contributed by atoms with E-state index in [9.17, 15) is 5.11 Å². The van der Waals surface area contributed by atoms with Gasteiger partial charge < -0.3 is 14.6 Å². The Morgan fingerprint density at radius 2 is 1.03 bits per heavy atom. The van der Waals surface area contributed by atoms with Crippen LogP contribution in [0.4, 0.5) is 0 Å². The van der Waals surface area contributed by atoms with Crippen LogP contribution in [-0.2, 0) is 23.7 Å². The molecule has 3 aromatic rings. The molecule has 0 heterocycles. The van der Waals surface area contributed by atoms with E-state index in [1.54, 1.807) is 0 Å². The Kier molecular flexibility index (Phi) is 14.0. The normalized spacial score (nSPS) is 12.8. The maximum atomic E-state index is 11.9. The molecule has 0 saturated carbocycles. The quantitative estimate of drug-likeness (QED) is 0.120. The van der Waals surface area contributed by atoms with Gasteiger partial charge in [0.05, 0.1) is 12.2 Å². The van der Waals surface area contributed by atoms with Gasteiger partial charge in [0.15, 0.2) is 5.79 Å². The summed E-state index contributed by atoms with van der Waals surface area (Å²) in [4.78, 5) is 0. The first-order chi connectivity index (χ1) is 18.7. The lowest BCUT2D eigenvalue weighted by atomic mass is 9.97. The number of rotatable bonds is 20. The maximum absolute atomic E-state index is 11.9. The SMILES string of the molecule is CCCCCCCCCCCCCCC(O)(OCc1ccccc1)c1ccccc1OCc1ccccc1. The Morgan fingerprint density at radius 3 is 1.61 bits per heavy atom. The Balaban J connectivity index is 1.53. The third kappa shape index (κ3) is 11.0. The third-order valence-corrected chi connectivity index (χ3v) is 7.23. The Hall–Kier alpha value is -2.62. The molecule has 1 unspecified atom stereocenters. The number of para-hydroxylation sites is 1. The summed E-state index contributed by atoms with van der Waals surface area (Å²) in [7, 11) is 0. The Labute approximate surface area is 231 Å².